The van der Waals surface area contributed by atoms with Crippen LogP contribution in [0.15, 0.2) is 36.5 Å². The van der Waals surface area contributed by atoms with Crippen molar-refractivity contribution in [3.05, 3.63) is 53.1 Å². The van der Waals surface area contributed by atoms with Gasteiger partial charge in [0.25, 0.3) is 0 Å². The molecule has 1 aromatic carbocycles. The Morgan fingerprint density at radius 2 is 2.17 bits per heavy atom. The average molecular weight is 267 g/mol. The number of pyridine rings is 1. The Labute approximate surface area is 110 Å². The number of aromatic nitrogens is 1. The van der Waals surface area contributed by atoms with Crippen molar-refractivity contribution < 1.29 is 9.13 Å². The first-order valence-corrected chi connectivity index (χ1v) is 5.77. The number of nitrogens with zero attached hydrogens (tertiary/aromatic N) is 1. The standard InChI is InChI=1S/C13H12ClFN2O/c1-16-9-4-5-17-10(6-9)8-18-11-2-3-12(14)13(15)7-11/h2-7H,8H2,1H3,(H,16,17). The molecule has 0 unspecified atom stereocenters. The molecule has 0 bridgehead atoms. The van der Waals surface area contributed by atoms with Gasteiger partial charge < -0.3 is 10.1 Å². The molecule has 0 spiro atoms. The molecule has 0 fully saturated rings. The topological polar surface area (TPSA) is 34.2 Å². The highest BCUT2D eigenvalue weighted by molar-refractivity contribution is 6.30. The fraction of sp³-hybridized carbons (Fsp3) is 0.154. The molecule has 1 N–H and O–H groups in total. The summed E-state index contributed by atoms with van der Waals surface area (Å²) in [5.74, 6) is -0.0698. The van der Waals surface area contributed by atoms with Crippen molar-refractivity contribution in [3.8, 4) is 5.75 Å². The third kappa shape index (κ3) is 3.11. The van der Waals surface area contributed by atoms with E-state index < -0.39 is 5.82 Å². The molecule has 0 atom stereocenters. The molecule has 1 heterocycles. The largest absolute Gasteiger partial charge is 0.487 e. The highest BCUT2D eigenvalue weighted by Crippen LogP contribution is 2.21. The van der Waals surface area contributed by atoms with Gasteiger partial charge in [0.05, 0.1) is 10.7 Å². The van der Waals surface area contributed by atoms with E-state index in [1.807, 2.05) is 19.2 Å². The van der Waals surface area contributed by atoms with Gasteiger partial charge in [-0.1, -0.05) is 11.6 Å². The second kappa shape index (κ2) is 5.69. The fourth-order valence-electron chi connectivity index (χ4n) is 1.44. The van der Waals surface area contributed by atoms with Gasteiger partial charge >= 0.3 is 0 Å². The molecule has 0 saturated heterocycles. The first-order chi connectivity index (χ1) is 8.69. The van der Waals surface area contributed by atoms with Crippen LogP contribution in [0.5, 0.6) is 5.75 Å². The van der Waals surface area contributed by atoms with Gasteiger partial charge in [0, 0.05) is 25.0 Å². The van der Waals surface area contributed by atoms with Crippen LogP contribution in [0.4, 0.5) is 10.1 Å². The second-order valence-corrected chi connectivity index (χ2v) is 4.06. The van der Waals surface area contributed by atoms with E-state index in [0.717, 1.165) is 11.4 Å². The van der Waals surface area contributed by atoms with E-state index in [-0.39, 0.29) is 11.6 Å². The molecule has 5 heteroatoms. The molecule has 0 aliphatic carbocycles. The van der Waals surface area contributed by atoms with E-state index in [1.165, 1.54) is 12.1 Å². The van der Waals surface area contributed by atoms with Crippen molar-refractivity contribution in [2.24, 2.45) is 0 Å². The molecule has 0 saturated carbocycles. The van der Waals surface area contributed by atoms with Gasteiger partial charge in [0.2, 0.25) is 0 Å². The van der Waals surface area contributed by atoms with Crippen LogP contribution in [0.2, 0.25) is 5.02 Å². The van der Waals surface area contributed by atoms with Crippen molar-refractivity contribution in [3.63, 3.8) is 0 Å². The molecule has 2 rings (SSSR count). The third-order valence-electron chi connectivity index (χ3n) is 2.38. The van der Waals surface area contributed by atoms with Crippen molar-refractivity contribution in [1.29, 1.82) is 0 Å². The van der Waals surface area contributed by atoms with Gasteiger partial charge in [-0.25, -0.2) is 4.39 Å². The lowest BCUT2D eigenvalue weighted by molar-refractivity contribution is 0.300. The number of ether oxygens (including phenoxy) is 1. The van der Waals surface area contributed by atoms with Crippen molar-refractivity contribution in [1.82, 2.24) is 4.98 Å². The van der Waals surface area contributed by atoms with E-state index in [4.69, 9.17) is 16.3 Å². The zero-order chi connectivity index (χ0) is 13.0. The van der Waals surface area contributed by atoms with E-state index >= 15 is 0 Å². The lowest BCUT2D eigenvalue weighted by Crippen LogP contribution is -1.99. The van der Waals surface area contributed by atoms with Gasteiger partial charge in [0.15, 0.2) is 0 Å². The minimum atomic E-state index is -0.494. The van der Waals surface area contributed by atoms with Gasteiger partial charge in [-0.3, -0.25) is 4.98 Å². The van der Waals surface area contributed by atoms with Crippen LogP contribution in [0.25, 0.3) is 0 Å². The average Bonchev–Trinajstić information content (AvgIpc) is 2.40. The first-order valence-electron chi connectivity index (χ1n) is 5.39. The number of hydrogen-bond donors (Lipinski definition) is 1. The molecule has 2 aromatic rings. The summed E-state index contributed by atoms with van der Waals surface area (Å²) in [5.41, 5.74) is 1.71. The summed E-state index contributed by atoms with van der Waals surface area (Å²) in [4.78, 5) is 4.16. The summed E-state index contributed by atoms with van der Waals surface area (Å²) in [7, 11) is 1.83. The summed E-state index contributed by atoms with van der Waals surface area (Å²) in [6, 6.07) is 8.05. The van der Waals surface area contributed by atoms with Gasteiger partial charge in [-0.05, 0) is 24.3 Å². The maximum absolute atomic E-state index is 13.2. The Morgan fingerprint density at radius 3 is 2.89 bits per heavy atom. The molecule has 18 heavy (non-hydrogen) atoms. The minimum Gasteiger partial charge on any atom is -0.487 e. The molecule has 3 nitrogen and oxygen atoms in total. The maximum atomic E-state index is 13.2. The van der Waals surface area contributed by atoms with Crippen LogP contribution in [-0.2, 0) is 6.61 Å². The molecular weight excluding hydrogens is 255 g/mol. The van der Waals surface area contributed by atoms with Gasteiger partial charge in [-0.15, -0.1) is 0 Å². The summed E-state index contributed by atoms with van der Waals surface area (Å²) in [6.07, 6.45) is 1.69. The number of hydrogen-bond acceptors (Lipinski definition) is 3. The van der Waals surface area contributed by atoms with E-state index in [0.29, 0.717) is 5.75 Å². The number of nitrogens with one attached hydrogen (secondary N) is 1. The zero-order valence-corrected chi connectivity index (χ0v) is 10.5. The number of rotatable bonds is 4. The number of anilines is 1. The minimum absolute atomic E-state index is 0.0812. The van der Waals surface area contributed by atoms with Crippen molar-refractivity contribution in [2.45, 2.75) is 6.61 Å². The lowest BCUT2D eigenvalue weighted by atomic mass is 10.3. The van der Waals surface area contributed by atoms with Gasteiger partial charge in [-0.2, -0.15) is 0 Å². The van der Waals surface area contributed by atoms with Crippen LogP contribution in [0.1, 0.15) is 5.69 Å². The smallest absolute Gasteiger partial charge is 0.145 e. The van der Waals surface area contributed by atoms with Crippen LogP contribution in [0, 0.1) is 5.82 Å². The molecule has 0 amide bonds. The summed E-state index contributed by atoms with van der Waals surface area (Å²) >= 11 is 5.59. The summed E-state index contributed by atoms with van der Waals surface area (Å²) < 4.78 is 18.6. The molecule has 94 valence electrons. The Bertz CT molecular complexity index is 548. The second-order valence-electron chi connectivity index (χ2n) is 3.65. The zero-order valence-electron chi connectivity index (χ0n) is 9.78. The molecule has 1 aromatic heterocycles. The van der Waals surface area contributed by atoms with E-state index in [1.54, 1.807) is 12.3 Å². The number of halogens is 2. The Hall–Kier alpha value is -1.81. The summed E-state index contributed by atoms with van der Waals surface area (Å²) in [6.45, 7) is 0.274. The van der Waals surface area contributed by atoms with Crippen molar-refractivity contribution >= 4 is 17.3 Å². The Balaban J connectivity index is 2.04. The predicted molar refractivity (Wildman–Crippen MR) is 69.5 cm³/mol. The van der Waals surface area contributed by atoms with Crippen molar-refractivity contribution in [2.75, 3.05) is 12.4 Å². The number of benzene rings is 1. The summed E-state index contributed by atoms with van der Waals surface area (Å²) in [5, 5.41) is 3.09. The van der Waals surface area contributed by atoms with Crippen LogP contribution in [0.3, 0.4) is 0 Å². The third-order valence-corrected chi connectivity index (χ3v) is 2.69. The molecule has 0 aliphatic rings. The first kappa shape index (κ1) is 12.6. The predicted octanol–water partition coefficient (Wildman–Crippen LogP) is 3.49. The van der Waals surface area contributed by atoms with E-state index in [9.17, 15) is 4.39 Å². The van der Waals surface area contributed by atoms with Crippen LogP contribution in [-0.4, -0.2) is 12.0 Å². The molecule has 0 aliphatic heterocycles. The quantitative estimate of drug-likeness (QED) is 0.920. The monoisotopic (exact) mass is 266 g/mol. The highest BCUT2D eigenvalue weighted by atomic mass is 35.5. The van der Waals surface area contributed by atoms with Gasteiger partial charge in [0.1, 0.15) is 18.2 Å². The normalized spacial score (nSPS) is 10.2. The SMILES string of the molecule is CNc1ccnc(COc2ccc(Cl)c(F)c2)c1. The van der Waals surface area contributed by atoms with Crippen LogP contribution < -0.4 is 10.1 Å². The Morgan fingerprint density at radius 1 is 1.33 bits per heavy atom. The Kier molecular flexibility index (Phi) is 3.99. The molecule has 0 radical (unpaired) electrons. The van der Waals surface area contributed by atoms with E-state index in [2.05, 4.69) is 10.3 Å². The fourth-order valence-corrected chi connectivity index (χ4v) is 1.55. The lowest BCUT2D eigenvalue weighted by Gasteiger charge is -2.07. The molecular formula is C13H12ClFN2O. The highest BCUT2D eigenvalue weighted by Gasteiger charge is 2.03. The van der Waals surface area contributed by atoms with Crippen LogP contribution >= 0.6 is 11.6 Å². The maximum Gasteiger partial charge on any atom is 0.145 e.